The predicted molar refractivity (Wildman–Crippen MR) is 72.5 cm³/mol. The summed E-state index contributed by atoms with van der Waals surface area (Å²) < 4.78 is 0. The average Bonchev–Trinajstić information content (AvgIpc) is 2.78. The van der Waals surface area contributed by atoms with Crippen LogP contribution in [-0.2, 0) is 0 Å². The highest BCUT2D eigenvalue weighted by Gasteiger charge is 2.08. The molecule has 2 aromatic rings. The largest absolute Gasteiger partial charge is 0.341 e. The molecule has 0 radical (unpaired) electrons. The van der Waals surface area contributed by atoms with E-state index >= 15 is 0 Å². The van der Waals surface area contributed by atoms with Gasteiger partial charge in [0.1, 0.15) is 0 Å². The van der Waals surface area contributed by atoms with Gasteiger partial charge in [0, 0.05) is 19.6 Å². The van der Waals surface area contributed by atoms with Crippen molar-refractivity contribution >= 4 is 17.0 Å². The van der Waals surface area contributed by atoms with Crippen LogP contribution < -0.4 is 10.2 Å². The number of hydrogen-bond donors (Lipinski definition) is 2. The third-order valence-electron chi connectivity index (χ3n) is 2.87. The molecule has 4 heteroatoms. The molecule has 4 nitrogen and oxygen atoms in total. The molecule has 92 valence electrons. The Bertz CT molecular complexity index is 430. The lowest BCUT2D eigenvalue weighted by molar-refractivity contribution is 0.681. The van der Waals surface area contributed by atoms with E-state index in [0.29, 0.717) is 0 Å². The first-order valence-electron chi connectivity index (χ1n) is 6.25. The summed E-state index contributed by atoms with van der Waals surface area (Å²) in [5.41, 5.74) is 2.13. The maximum Gasteiger partial charge on any atom is 0.203 e. The van der Waals surface area contributed by atoms with E-state index in [1.165, 1.54) is 0 Å². The number of imidazole rings is 1. The molecule has 0 saturated heterocycles. The minimum atomic E-state index is 0.964. The molecule has 2 rings (SSSR count). The fourth-order valence-corrected chi connectivity index (χ4v) is 1.89. The monoisotopic (exact) mass is 232 g/mol. The van der Waals surface area contributed by atoms with Gasteiger partial charge in [0.15, 0.2) is 0 Å². The van der Waals surface area contributed by atoms with Crippen molar-refractivity contribution in [1.29, 1.82) is 0 Å². The topological polar surface area (TPSA) is 44.0 Å². The molecule has 0 aliphatic rings. The van der Waals surface area contributed by atoms with E-state index in [0.717, 1.165) is 43.2 Å². The second-order valence-electron chi connectivity index (χ2n) is 4.01. The Hall–Kier alpha value is -1.55. The number of aromatic nitrogens is 2. The van der Waals surface area contributed by atoms with Crippen LogP contribution >= 0.6 is 0 Å². The molecule has 1 aromatic heterocycles. The molecule has 0 amide bonds. The van der Waals surface area contributed by atoms with Gasteiger partial charge in [-0.3, -0.25) is 0 Å². The molecule has 17 heavy (non-hydrogen) atoms. The van der Waals surface area contributed by atoms with Gasteiger partial charge in [-0.1, -0.05) is 19.1 Å². The number of fused-ring (bicyclic) bond motifs is 1. The Morgan fingerprint density at radius 1 is 1.29 bits per heavy atom. The van der Waals surface area contributed by atoms with Gasteiger partial charge in [-0.2, -0.15) is 0 Å². The summed E-state index contributed by atoms with van der Waals surface area (Å²) >= 11 is 0. The molecule has 2 N–H and O–H groups in total. The lowest BCUT2D eigenvalue weighted by atomic mass is 10.3. The molecule has 0 aliphatic carbocycles. The summed E-state index contributed by atoms with van der Waals surface area (Å²) in [6, 6.07) is 8.14. The van der Waals surface area contributed by atoms with Crippen LogP contribution in [0, 0.1) is 0 Å². The summed E-state index contributed by atoms with van der Waals surface area (Å²) in [6.07, 6.45) is 0. The zero-order chi connectivity index (χ0) is 12.1. The molecule has 0 saturated carbocycles. The Morgan fingerprint density at radius 2 is 2.12 bits per heavy atom. The average molecular weight is 232 g/mol. The Morgan fingerprint density at radius 3 is 2.82 bits per heavy atom. The fraction of sp³-hybridized carbons (Fsp3) is 0.462. The number of benzene rings is 1. The quantitative estimate of drug-likeness (QED) is 0.749. The van der Waals surface area contributed by atoms with Crippen molar-refractivity contribution in [2.24, 2.45) is 0 Å². The van der Waals surface area contributed by atoms with Crippen molar-refractivity contribution in [2.45, 2.75) is 13.8 Å². The minimum absolute atomic E-state index is 0.964. The minimum Gasteiger partial charge on any atom is -0.341 e. The first-order valence-corrected chi connectivity index (χ1v) is 6.25. The molecular formula is C13H20N4. The van der Waals surface area contributed by atoms with Crippen LogP contribution in [0.1, 0.15) is 13.8 Å². The number of para-hydroxylation sites is 2. The van der Waals surface area contributed by atoms with Gasteiger partial charge in [0.05, 0.1) is 11.0 Å². The molecular weight excluding hydrogens is 212 g/mol. The van der Waals surface area contributed by atoms with Crippen molar-refractivity contribution in [3.63, 3.8) is 0 Å². The van der Waals surface area contributed by atoms with Crippen molar-refractivity contribution < 1.29 is 0 Å². The van der Waals surface area contributed by atoms with Gasteiger partial charge in [-0.15, -0.1) is 0 Å². The first kappa shape index (κ1) is 11.9. The number of likely N-dealkylation sites (N-methyl/N-ethyl adjacent to an activating group) is 2. The Balaban J connectivity index is 2.12. The van der Waals surface area contributed by atoms with E-state index in [2.05, 4.69) is 40.1 Å². The zero-order valence-electron chi connectivity index (χ0n) is 10.5. The molecule has 1 heterocycles. The van der Waals surface area contributed by atoms with E-state index < -0.39 is 0 Å². The number of rotatable bonds is 6. The van der Waals surface area contributed by atoms with Crippen LogP contribution in [0.5, 0.6) is 0 Å². The van der Waals surface area contributed by atoms with Gasteiger partial charge in [0.25, 0.3) is 0 Å². The first-order chi connectivity index (χ1) is 8.35. The lowest BCUT2D eigenvalue weighted by Crippen LogP contribution is -2.32. The number of anilines is 1. The van der Waals surface area contributed by atoms with Gasteiger partial charge in [-0.25, -0.2) is 4.98 Å². The molecule has 0 atom stereocenters. The standard InChI is InChI=1S/C13H20N4/c1-3-14-9-10-17(4-2)13-15-11-7-5-6-8-12(11)16-13/h5-8,14H,3-4,9-10H2,1-2H3,(H,15,16). The number of nitrogens with one attached hydrogen (secondary N) is 2. The highest BCUT2D eigenvalue weighted by molar-refractivity contribution is 5.77. The molecule has 0 unspecified atom stereocenters. The fourth-order valence-electron chi connectivity index (χ4n) is 1.89. The van der Waals surface area contributed by atoms with E-state index in [4.69, 9.17) is 0 Å². The third-order valence-corrected chi connectivity index (χ3v) is 2.87. The number of aromatic amines is 1. The van der Waals surface area contributed by atoms with Crippen molar-refractivity contribution in [3.05, 3.63) is 24.3 Å². The summed E-state index contributed by atoms with van der Waals surface area (Å²) in [5, 5.41) is 3.33. The summed E-state index contributed by atoms with van der Waals surface area (Å²) in [4.78, 5) is 10.2. The predicted octanol–water partition coefficient (Wildman–Crippen LogP) is 2.00. The van der Waals surface area contributed by atoms with Gasteiger partial charge in [-0.05, 0) is 25.6 Å². The SMILES string of the molecule is CCNCCN(CC)c1nc2ccccc2[nH]1. The molecule has 0 spiro atoms. The number of hydrogen-bond acceptors (Lipinski definition) is 3. The molecule has 1 aromatic carbocycles. The van der Waals surface area contributed by atoms with Crippen LogP contribution in [0.25, 0.3) is 11.0 Å². The van der Waals surface area contributed by atoms with Crippen LogP contribution in [0.2, 0.25) is 0 Å². The van der Waals surface area contributed by atoms with Crippen molar-refractivity contribution in [3.8, 4) is 0 Å². The van der Waals surface area contributed by atoms with Crippen molar-refractivity contribution in [2.75, 3.05) is 31.1 Å². The van der Waals surface area contributed by atoms with E-state index in [1.807, 2.05) is 18.2 Å². The smallest absolute Gasteiger partial charge is 0.203 e. The summed E-state index contributed by atoms with van der Waals surface area (Å²) in [5.74, 6) is 0.964. The highest BCUT2D eigenvalue weighted by Crippen LogP contribution is 2.16. The van der Waals surface area contributed by atoms with E-state index in [-0.39, 0.29) is 0 Å². The maximum atomic E-state index is 4.61. The van der Waals surface area contributed by atoms with Crippen LogP contribution in [-0.4, -0.2) is 36.1 Å². The molecule has 0 aliphatic heterocycles. The third kappa shape index (κ3) is 2.77. The lowest BCUT2D eigenvalue weighted by Gasteiger charge is -2.19. The number of H-pyrrole nitrogens is 1. The summed E-state index contributed by atoms with van der Waals surface area (Å²) in [6.45, 7) is 8.21. The second-order valence-corrected chi connectivity index (χ2v) is 4.01. The summed E-state index contributed by atoms with van der Waals surface area (Å²) in [7, 11) is 0. The van der Waals surface area contributed by atoms with E-state index in [1.54, 1.807) is 0 Å². The van der Waals surface area contributed by atoms with Crippen LogP contribution in [0.15, 0.2) is 24.3 Å². The highest BCUT2D eigenvalue weighted by atomic mass is 15.3. The van der Waals surface area contributed by atoms with Crippen LogP contribution in [0.3, 0.4) is 0 Å². The van der Waals surface area contributed by atoms with E-state index in [9.17, 15) is 0 Å². The van der Waals surface area contributed by atoms with Gasteiger partial charge in [0.2, 0.25) is 5.95 Å². The second kappa shape index (κ2) is 5.68. The van der Waals surface area contributed by atoms with Crippen LogP contribution in [0.4, 0.5) is 5.95 Å². The van der Waals surface area contributed by atoms with Crippen molar-refractivity contribution in [1.82, 2.24) is 15.3 Å². The zero-order valence-corrected chi connectivity index (χ0v) is 10.5. The maximum absolute atomic E-state index is 4.61. The molecule has 0 bridgehead atoms. The molecule has 0 fully saturated rings. The van der Waals surface area contributed by atoms with Gasteiger partial charge >= 0.3 is 0 Å². The Kier molecular flexibility index (Phi) is 3.98. The number of nitrogens with zero attached hydrogens (tertiary/aromatic N) is 2. The normalized spacial score (nSPS) is 10.9. The Labute approximate surface area is 102 Å². The van der Waals surface area contributed by atoms with Gasteiger partial charge < -0.3 is 15.2 Å².